The number of anilines is 2. The fourth-order valence-electron chi connectivity index (χ4n) is 2.54. The number of carbonyl (C=O) groups is 1. The largest absolute Gasteiger partial charge is 0.384 e. The van der Waals surface area contributed by atoms with Crippen LogP contribution in [0.15, 0.2) is 0 Å². The van der Waals surface area contributed by atoms with E-state index < -0.39 is 0 Å². The number of nitrogens with two attached hydrogens (primary N) is 1. The molecule has 118 valence electrons. The highest BCUT2D eigenvalue weighted by Gasteiger charge is 2.27. The highest BCUT2D eigenvalue weighted by Crippen LogP contribution is 2.29. The van der Waals surface area contributed by atoms with E-state index in [0.29, 0.717) is 23.2 Å². The number of ether oxygens (including phenoxy) is 1. The van der Waals surface area contributed by atoms with Gasteiger partial charge in [-0.3, -0.25) is 4.79 Å². The first-order chi connectivity index (χ1) is 10.1. The van der Waals surface area contributed by atoms with Crippen LogP contribution in [0, 0.1) is 5.92 Å². The van der Waals surface area contributed by atoms with Crippen LogP contribution in [0.3, 0.4) is 0 Å². The molecule has 0 aliphatic carbocycles. The second kappa shape index (κ2) is 7.09. The number of piperidine rings is 1. The highest BCUT2D eigenvalue weighted by molar-refractivity contribution is 7.18. The molecule has 2 N–H and O–H groups in total. The van der Waals surface area contributed by atoms with Crippen LogP contribution in [0.4, 0.5) is 10.9 Å². The smallest absolute Gasteiger partial charge is 0.267 e. The van der Waals surface area contributed by atoms with Crippen LogP contribution in [0.1, 0.15) is 29.4 Å². The molecule has 7 heteroatoms. The number of thiazole rings is 1. The van der Waals surface area contributed by atoms with E-state index in [4.69, 9.17) is 10.5 Å². The SMILES string of the molecule is CCN(C)c1nc(N)c(C(=O)N2CCCC(COC)C2)s1. The predicted molar refractivity (Wildman–Crippen MR) is 86.0 cm³/mol. The quantitative estimate of drug-likeness (QED) is 0.895. The monoisotopic (exact) mass is 312 g/mol. The van der Waals surface area contributed by atoms with Crippen molar-refractivity contribution in [1.29, 1.82) is 0 Å². The molecule has 0 radical (unpaired) electrons. The standard InChI is InChI=1S/C14H24N4O2S/c1-4-17(2)14-16-12(15)11(21-14)13(19)18-7-5-6-10(8-18)9-20-3/h10H,4-9,15H2,1-3H3. The number of aromatic nitrogens is 1. The number of carbonyl (C=O) groups excluding carboxylic acids is 1. The van der Waals surface area contributed by atoms with Crippen LogP contribution < -0.4 is 10.6 Å². The van der Waals surface area contributed by atoms with Crippen molar-refractivity contribution in [2.75, 3.05) is 51.0 Å². The summed E-state index contributed by atoms with van der Waals surface area (Å²) in [5.74, 6) is 0.760. The fraction of sp³-hybridized carbons (Fsp3) is 0.714. The van der Waals surface area contributed by atoms with Gasteiger partial charge in [0, 0.05) is 33.8 Å². The first-order valence-electron chi connectivity index (χ1n) is 7.32. The molecule has 0 aromatic carbocycles. The van der Waals surface area contributed by atoms with E-state index in [-0.39, 0.29) is 5.91 Å². The van der Waals surface area contributed by atoms with E-state index in [1.165, 1.54) is 11.3 Å². The molecule has 1 aliphatic rings. The zero-order valence-electron chi connectivity index (χ0n) is 13.0. The molecule has 1 saturated heterocycles. The summed E-state index contributed by atoms with van der Waals surface area (Å²) in [5.41, 5.74) is 5.94. The third-order valence-electron chi connectivity index (χ3n) is 3.85. The molecule has 0 saturated carbocycles. The Bertz CT molecular complexity index is 489. The fourth-order valence-corrected chi connectivity index (χ4v) is 3.51. The molecule has 1 aliphatic heterocycles. The van der Waals surface area contributed by atoms with Crippen molar-refractivity contribution in [3.63, 3.8) is 0 Å². The number of likely N-dealkylation sites (tertiary alicyclic amines) is 1. The van der Waals surface area contributed by atoms with Crippen molar-refractivity contribution in [2.45, 2.75) is 19.8 Å². The van der Waals surface area contributed by atoms with Crippen molar-refractivity contribution in [3.8, 4) is 0 Å². The van der Waals surface area contributed by atoms with E-state index in [9.17, 15) is 4.79 Å². The molecule has 2 heterocycles. The Kier molecular flexibility index (Phi) is 5.41. The molecule has 1 fully saturated rings. The Hall–Kier alpha value is -1.34. The van der Waals surface area contributed by atoms with Crippen molar-refractivity contribution in [3.05, 3.63) is 4.88 Å². The van der Waals surface area contributed by atoms with Gasteiger partial charge >= 0.3 is 0 Å². The third kappa shape index (κ3) is 3.65. The second-order valence-corrected chi connectivity index (χ2v) is 6.42. The lowest BCUT2D eigenvalue weighted by Gasteiger charge is -2.32. The molecule has 0 bridgehead atoms. The third-order valence-corrected chi connectivity index (χ3v) is 5.02. The van der Waals surface area contributed by atoms with E-state index in [2.05, 4.69) is 4.98 Å². The van der Waals surface area contributed by atoms with E-state index >= 15 is 0 Å². The summed E-state index contributed by atoms with van der Waals surface area (Å²) >= 11 is 1.38. The summed E-state index contributed by atoms with van der Waals surface area (Å²) in [6.45, 7) is 5.10. The minimum atomic E-state index is 0.00144. The molecule has 1 unspecified atom stereocenters. The number of hydrogen-bond donors (Lipinski definition) is 1. The Morgan fingerprint density at radius 2 is 2.38 bits per heavy atom. The first kappa shape index (κ1) is 16.0. The van der Waals surface area contributed by atoms with Crippen LogP contribution >= 0.6 is 11.3 Å². The Labute approximate surface area is 129 Å². The van der Waals surface area contributed by atoms with E-state index in [1.807, 2.05) is 23.8 Å². The molecule has 1 atom stereocenters. The zero-order valence-corrected chi connectivity index (χ0v) is 13.8. The van der Waals surface area contributed by atoms with Gasteiger partial charge in [0.25, 0.3) is 5.91 Å². The van der Waals surface area contributed by atoms with Crippen molar-refractivity contribution in [1.82, 2.24) is 9.88 Å². The van der Waals surface area contributed by atoms with E-state index in [1.54, 1.807) is 7.11 Å². The van der Waals surface area contributed by atoms with Gasteiger partial charge in [0.15, 0.2) is 5.13 Å². The lowest BCUT2D eigenvalue weighted by atomic mass is 9.99. The van der Waals surface area contributed by atoms with Gasteiger partial charge < -0.3 is 20.3 Å². The summed E-state index contributed by atoms with van der Waals surface area (Å²) in [5, 5.41) is 0.795. The minimum absolute atomic E-state index is 0.00144. The summed E-state index contributed by atoms with van der Waals surface area (Å²) in [6.07, 6.45) is 2.12. The molecule has 1 amide bonds. The van der Waals surface area contributed by atoms with Crippen LogP contribution in [0.5, 0.6) is 0 Å². The van der Waals surface area contributed by atoms with Crippen molar-refractivity contribution < 1.29 is 9.53 Å². The predicted octanol–water partition coefficient (Wildman–Crippen LogP) is 1.68. The molecule has 1 aromatic rings. The summed E-state index contributed by atoms with van der Waals surface area (Å²) < 4.78 is 5.21. The Balaban J connectivity index is 2.10. The normalized spacial score (nSPS) is 18.8. The Morgan fingerprint density at radius 3 is 3.05 bits per heavy atom. The van der Waals surface area contributed by atoms with Gasteiger partial charge in [-0.1, -0.05) is 11.3 Å². The topological polar surface area (TPSA) is 71.7 Å². The number of hydrogen-bond acceptors (Lipinski definition) is 6. The molecule has 2 rings (SSSR count). The van der Waals surface area contributed by atoms with Crippen LogP contribution in [0.25, 0.3) is 0 Å². The maximum atomic E-state index is 12.7. The minimum Gasteiger partial charge on any atom is -0.384 e. The average Bonchev–Trinajstić information content (AvgIpc) is 2.88. The number of methoxy groups -OCH3 is 1. The van der Waals surface area contributed by atoms with Gasteiger partial charge in [-0.25, -0.2) is 4.98 Å². The average molecular weight is 312 g/mol. The van der Waals surface area contributed by atoms with Gasteiger partial charge in [0.05, 0.1) is 6.61 Å². The first-order valence-corrected chi connectivity index (χ1v) is 8.14. The zero-order chi connectivity index (χ0) is 15.4. The van der Waals surface area contributed by atoms with Crippen molar-refractivity contribution >= 4 is 28.2 Å². The maximum Gasteiger partial charge on any atom is 0.267 e. The van der Waals surface area contributed by atoms with Crippen molar-refractivity contribution in [2.24, 2.45) is 5.92 Å². The number of rotatable bonds is 5. The number of nitrogen functional groups attached to an aromatic ring is 1. The second-order valence-electron chi connectivity index (χ2n) is 5.44. The molecule has 21 heavy (non-hydrogen) atoms. The van der Waals surface area contributed by atoms with Gasteiger partial charge in [0.2, 0.25) is 0 Å². The maximum absolute atomic E-state index is 12.7. The van der Waals surface area contributed by atoms with Gasteiger partial charge in [-0.05, 0) is 25.7 Å². The molecular weight excluding hydrogens is 288 g/mol. The van der Waals surface area contributed by atoms with Crippen LogP contribution in [-0.2, 0) is 4.74 Å². The lowest BCUT2D eigenvalue weighted by Crippen LogP contribution is -2.41. The van der Waals surface area contributed by atoms with Gasteiger partial charge in [0.1, 0.15) is 10.7 Å². The van der Waals surface area contributed by atoms with E-state index in [0.717, 1.165) is 37.6 Å². The summed E-state index contributed by atoms with van der Waals surface area (Å²) in [7, 11) is 3.65. The highest BCUT2D eigenvalue weighted by atomic mass is 32.1. The number of nitrogens with zero attached hydrogens (tertiary/aromatic N) is 3. The molecular formula is C14H24N4O2S. The molecule has 0 spiro atoms. The van der Waals surface area contributed by atoms with Gasteiger partial charge in [-0.2, -0.15) is 0 Å². The van der Waals surface area contributed by atoms with Gasteiger partial charge in [-0.15, -0.1) is 0 Å². The molecule has 1 aromatic heterocycles. The summed E-state index contributed by atoms with van der Waals surface area (Å²) in [4.78, 5) is 21.4. The number of amides is 1. The Morgan fingerprint density at radius 1 is 1.62 bits per heavy atom. The molecule has 6 nitrogen and oxygen atoms in total. The lowest BCUT2D eigenvalue weighted by molar-refractivity contribution is 0.0576. The summed E-state index contributed by atoms with van der Waals surface area (Å²) in [6, 6.07) is 0. The van der Waals surface area contributed by atoms with Crippen LogP contribution in [-0.4, -0.2) is 56.2 Å². The van der Waals surface area contributed by atoms with Crippen LogP contribution in [0.2, 0.25) is 0 Å².